The lowest BCUT2D eigenvalue weighted by atomic mass is 9.97. The number of carboxylic acids is 1. The van der Waals surface area contributed by atoms with E-state index in [-0.39, 0.29) is 18.0 Å². The number of carbonyl (C=O) groups is 2. The molecule has 1 amide bonds. The molecule has 1 aliphatic rings. The first-order valence-corrected chi connectivity index (χ1v) is 7.50. The summed E-state index contributed by atoms with van der Waals surface area (Å²) >= 11 is 0. The molecule has 2 N–H and O–H groups in total. The molecule has 1 aliphatic carbocycles. The van der Waals surface area contributed by atoms with Gasteiger partial charge in [0.25, 0.3) is 5.56 Å². The molecule has 1 heterocycles. The van der Waals surface area contributed by atoms with E-state index in [1.807, 2.05) is 0 Å². The molecule has 0 bridgehead atoms. The third kappa shape index (κ3) is 3.72. The number of amides is 1. The molecule has 0 aromatic carbocycles. The van der Waals surface area contributed by atoms with Crippen molar-refractivity contribution in [3.8, 4) is 0 Å². The summed E-state index contributed by atoms with van der Waals surface area (Å²) in [5.41, 5.74) is 1.49. The number of rotatable bonds is 5. The van der Waals surface area contributed by atoms with Gasteiger partial charge in [-0.25, -0.2) is 9.48 Å². The summed E-state index contributed by atoms with van der Waals surface area (Å²) in [6, 6.07) is 0.562. The van der Waals surface area contributed by atoms with E-state index in [4.69, 9.17) is 5.11 Å². The van der Waals surface area contributed by atoms with Crippen molar-refractivity contribution in [2.75, 3.05) is 0 Å². The summed E-state index contributed by atoms with van der Waals surface area (Å²) in [7, 11) is 0. The molecule has 0 saturated heterocycles. The average molecular weight is 307 g/mol. The van der Waals surface area contributed by atoms with Crippen LogP contribution in [0.5, 0.6) is 0 Å². The van der Waals surface area contributed by atoms with E-state index in [1.54, 1.807) is 13.8 Å². The van der Waals surface area contributed by atoms with Gasteiger partial charge in [0, 0.05) is 6.07 Å². The number of fused-ring (bicyclic) bond motifs is 1. The highest BCUT2D eigenvalue weighted by Gasteiger charge is 2.24. The van der Waals surface area contributed by atoms with Gasteiger partial charge in [-0.3, -0.25) is 9.59 Å². The lowest BCUT2D eigenvalue weighted by Crippen LogP contribution is -2.46. The molecular weight excluding hydrogens is 286 g/mol. The molecule has 2 rings (SSSR count). The van der Waals surface area contributed by atoms with Crippen LogP contribution >= 0.6 is 0 Å². The molecule has 7 heteroatoms. The van der Waals surface area contributed by atoms with Crippen LogP contribution in [0.15, 0.2) is 10.9 Å². The summed E-state index contributed by atoms with van der Waals surface area (Å²) in [6.45, 7) is 3.16. The normalized spacial score (nSPS) is 15.2. The molecule has 0 aliphatic heterocycles. The van der Waals surface area contributed by atoms with E-state index in [2.05, 4.69) is 10.4 Å². The summed E-state index contributed by atoms with van der Waals surface area (Å²) in [4.78, 5) is 35.1. The fourth-order valence-corrected chi connectivity index (χ4v) is 2.58. The number of carboxylic acid groups (broad SMARTS) is 1. The Labute approximate surface area is 128 Å². The van der Waals surface area contributed by atoms with Crippen molar-refractivity contribution < 1.29 is 14.7 Å². The highest BCUT2D eigenvalue weighted by molar-refractivity contribution is 5.83. The van der Waals surface area contributed by atoms with Gasteiger partial charge in [0.1, 0.15) is 12.6 Å². The summed E-state index contributed by atoms with van der Waals surface area (Å²) in [6.07, 6.45) is 3.73. The highest BCUT2D eigenvalue weighted by Crippen LogP contribution is 2.16. The van der Waals surface area contributed by atoms with Gasteiger partial charge in [-0.1, -0.05) is 13.8 Å². The number of nitrogens with zero attached hydrogens (tertiary/aromatic N) is 2. The summed E-state index contributed by atoms with van der Waals surface area (Å²) < 4.78 is 1.11. The number of hydrogen-bond donors (Lipinski definition) is 2. The van der Waals surface area contributed by atoms with E-state index in [0.717, 1.165) is 41.6 Å². The minimum atomic E-state index is -1.09. The van der Waals surface area contributed by atoms with Crippen molar-refractivity contribution in [3.05, 3.63) is 27.7 Å². The lowest BCUT2D eigenvalue weighted by Gasteiger charge is -2.19. The van der Waals surface area contributed by atoms with Crippen LogP contribution in [0.25, 0.3) is 0 Å². The maximum absolute atomic E-state index is 12.0. The molecule has 120 valence electrons. The van der Waals surface area contributed by atoms with Crippen LogP contribution in [-0.4, -0.2) is 32.8 Å². The molecule has 0 radical (unpaired) electrons. The monoisotopic (exact) mass is 307 g/mol. The Bertz CT molecular complexity index is 636. The van der Waals surface area contributed by atoms with Crippen molar-refractivity contribution in [2.45, 2.75) is 52.1 Å². The van der Waals surface area contributed by atoms with Crippen LogP contribution in [0.2, 0.25) is 0 Å². The second-order valence-electron chi connectivity index (χ2n) is 5.95. The predicted octanol–water partition coefficient (Wildman–Crippen LogP) is 0.347. The number of aryl methyl sites for hydroxylation is 2. The Morgan fingerprint density at radius 3 is 2.68 bits per heavy atom. The maximum atomic E-state index is 12.0. The fourth-order valence-electron chi connectivity index (χ4n) is 2.58. The van der Waals surface area contributed by atoms with Crippen LogP contribution in [0.4, 0.5) is 0 Å². The Morgan fingerprint density at radius 2 is 2.05 bits per heavy atom. The van der Waals surface area contributed by atoms with E-state index in [0.29, 0.717) is 0 Å². The largest absolute Gasteiger partial charge is 0.480 e. The Hall–Kier alpha value is -2.18. The van der Waals surface area contributed by atoms with Gasteiger partial charge in [-0.05, 0) is 37.2 Å². The van der Waals surface area contributed by atoms with Crippen LogP contribution in [-0.2, 0) is 29.0 Å². The van der Waals surface area contributed by atoms with E-state index >= 15 is 0 Å². The van der Waals surface area contributed by atoms with Gasteiger partial charge in [0.2, 0.25) is 5.91 Å². The molecule has 22 heavy (non-hydrogen) atoms. The number of nitrogens with one attached hydrogen (secondary N) is 1. The van der Waals surface area contributed by atoms with Gasteiger partial charge in [-0.2, -0.15) is 5.10 Å². The molecule has 1 aromatic heterocycles. The van der Waals surface area contributed by atoms with Gasteiger partial charge >= 0.3 is 5.97 Å². The zero-order valence-electron chi connectivity index (χ0n) is 12.8. The number of aliphatic carboxylic acids is 1. The van der Waals surface area contributed by atoms with Gasteiger partial charge in [0.05, 0.1) is 5.69 Å². The summed E-state index contributed by atoms with van der Waals surface area (Å²) in [5.74, 6) is -1.85. The minimum absolute atomic E-state index is 0.241. The summed E-state index contributed by atoms with van der Waals surface area (Å²) in [5, 5.41) is 15.8. The Morgan fingerprint density at radius 1 is 1.36 bits per heavy atom. The smallest absolute Gasteiger partial charge is 0.326 e. The van der Waals surface area contributed by atoms with Crippen molar-refractivity contribution in [1.82, 2.24) is 15.1 Å². The van der Waals surface area contributed by atoms with Crippen LogP contribution < -0.4 is 10.9 Å². The number of carbonyl (C=O) groups excluding carboxylic acids is 1. The highest BCUT2D eigenvalue weighted by atomic mass is 16.4. The molecule has 0 fully saturated rings. The minimum Gasteiger partial charge on any atom is -0.480 e. The average Bonchev–Trinajstić information content (AvgIpc) is 2.45. The van der Waals surface area contributed by atoms with Gasteiger partial charge in [0.15, 0.2) is 0 Å². The van der Waals surface area contributed by atoms with Crippen molar-refractivity contribution >= 4 is 11.9 Å². The SMILES string of the molecule is CC(C)[C@H](NC(=O)Cn1nc2c(cc1=O)CCCC2)C(=O)O. The second kappa shape index (κ2) is 6.72. The third-order valence-electron chi connectivity index (χ3n) is 3.82. The van der Waals surface area contributed by atoms with E-state index < -0.39 is 17.9 Å². The quantitative estimate of drug-likeness (QED) is 0.817. The van der Waals surface area contributed by atoms with Crippen molar-refractivity contribution in [2.24, 2.45) is 5.92 Å². The van der Waals surface area contributed by atoms with Gasteiger partial charge < -0.3 is 10.4 Å². The van der Waals surface area contributed by atoms with Crippen LogP contribution in [0, 0.1) is 5.92 Å². The Balaban J connectivity index is 2.11. The standard InChI is InChI=1S/C15H21N3O4/c1-9(2)14(15(21)22)16-12(19)8-18-13(20)7-10-5-3-4-6-11(10)17-18/h7,9,14H,3-6,8H2,1-2H3,(H,16,19)(H,21,22)/t14-/m0/s1. The van der Waals surface area contributed by atoms with Gasteiger partial charge in [-0.15, -0.1) is 0 Å². The maximum Gasteiger partial charge on any atom is 0.326 e. The van der Waals surface area contributed by atoms with E-state index in [1.165, 1.54) is 6.07 Å². The van der Waals surface area contributed by atoms with E-state index in [9.17, 15) is 14.4 Å². The van der Waals surface area contributed by atoms with Crippen LogP contribution in [0.1, 0.15) is 37.9 Å². The van der Waals surface area contributed by atoms with Crippen molar-refractivity contribution in [1.29, 1.82) is 0 Å². The first kappa shape index (κ1) is 16.2. The molecule has 1 aromatic rings. The molecule has 1 atom stereocenters. The molecule has 7 nitrogen and oxygen atoms in total. The number of aromatic nitrogens is 2. The zero-order chi connectivity index (χ0) is 16.3. The first-order valence-electron chi connectivity index (χ1n) is 7.50. The number of hydrogen-bond acceptors (Lipinski definition) is 4. The van der Waals surface area contributed by atoms with Crippen molar-refractivity contribution in [3.63, 3.8) is 0 Å². The molecule has 0 spiro atoms. The zero-order valence-corrected chi connectivity index (χ0v) is 12.8. The topological polar surface area (TPSA) is 101 Å². The second-order valence-corrected chi connectivity index (χ2v) is 5.95. The third-order valence-corrected chi connectivity index (χ3v) is 3.82. The predicted molar refractivity (Wildman–Crippen MR) is 79.5 cm³/mol. The Kier molecular flexibility index (Phi) is 4.95. The fraction of sp³-hybridized carbons (Fsp3) is 0.600. The lowest BCUT2D eigenvalue weighted by molar-refractivity contribution is -0.143. The first-order chi connectivity index (χ1) is 10.4. The molecular formula is C15H21N3O4. The van der Waals surface area contributed by atoms with Crippen LogP contribution in [0.3, 0.4) is 0 Å². The molecule has 0 unspecified atom stereocenters. The molecule has 0 saturated carbocycles.